The summed E-state index contributed by atoms with van der Waals surface area (Å²) in [6.45, 7) is 5.32. The lowest BCUT2D eigenvalue weighted by atomic mass is 10.2. The quantitative estimate of drug-likeness (QED) is 0.352. The van der Waals surface area contributed by atoms with Crippen LogP contribution in [0.4, 0.5) is 0 Å². The molecule has 0 unspecified atom stereocenters. The van der Waals surface area contributed by atoms with E-state index >= 15 is 0 Å². The van der Waals surface area contributed by atoms with E-state index in [-0.39, 0.29) is 24.6 Å². The second-order valence-electron chi connectivity index (χ2n) is 2.12. The molecule has 0 aliphatic heterocycles. The topological polar surface area (TPSA) is 43.4 Å². The molecule has 0 N–H and O–H groups in total. The molecule has 0 bridgehead atoms. The lowest BCUT2D eigenvalue weighted by molar-refractivity contribution is -0.144. The van der Waals surface area contributed by atoms with Gasteiger partial charge in [-0.1, -0.05) is 6.58 Å². The highest BCUT2D eigenvalue weighted by Crippen LogP contribution is 1.94. The maximum Gasteiger partial charge on any atom is 0.306 e. The van der Waals surface area contributed by atoms with Crippen LogP contribution >= 0.6 is 0 Å². The zero-order valence-corrected chi connectivity index (χ0v) is 7.13. The van der Waals surface area contributed by atoms with Crippen LogP contribution < -0.4 is 0 Å². The molecule has 3 nitrogen and oxygen atoms in total. The summed E-state index contributed by atoms with van der Waals surface area (Å²) in [6, 6.07) is 0. The van der Waals surface area contributed by atoms with E-state index in [9.17, 15) is 9.59 Å². The summed E-state index contributed by atoms with van der Waals surface area (Å²) in [6.07, 6.45) is 1.52. The van der Waals surface area contributed by atoms with E-state index in [0.29, 0.717) is 6.61 Å². The molecular formula is C9H12O3. The maximum atomic E-state index is 10.8. The average molecular weight is 168 g/mol. The predicted molar refractivity (Wildman–Crippen MR) is 44.6 cm³/mol. The zero-order valence-electron chi connectivity index (χ0n) is 7.13. The zero-order chi connectivity index (χ0) is 9.40. The van der Waals surface area contributed by atoms with Crippen LogP contribution in [0.2, 0.25) is 0 Å². The Morgan fingerprint density at radius 1 is 1.50 bits per heavy atom. The molecule has 3 heteroatoms. The van der Waals surface area contributed by atoms with E-state index < -0.39 is 0 Å². The number of hydrogen-bond donors (Lipinski definition) is 0. The molecule has 0 saturated carbocycles. The third-order valence-corrected chi connectivity index (χ3v) is 1.14. The Kier molecular flexibility index (Phi) is 5.66. The van der Waals surface area contributed by atoms with Crippen molar-refractivity contribution in [3.63, 3.8) is 0 Å². The van der Waals surface area contributed by atoms with Crippen molar-refractivity contribution >= 4 is 11.8 Å². The summed E-state index contributed by atoms with van der Waals surface area (Å²) in [7, 11) is 0. The minimum atomic E-state index is -0.344. The lowest BCUT2D eigenvalue weighted by Crippen LogP contribution is -2.06. The van der Waals surface area contributed by atoms with Crippen LogP contribution in [0.5, 0.6) is 0 Å². The molecule has 12 heavy (non-hydrogen) atoms. The van der Waals surface area contributed by atoms with Gasteiger partial charge in [0.15, 0.2) is 5.78 Å². The molecule has 0 radical (unpaired) electrons. The number of ketones is 1. The summed E-state index contributed by atoms with van der Waals surface area (Å²) in [5.41, 5.74) is 2.35. The number of carbonyl (C=O) groups excluding carboxylic acids is 2. The fourth-order valence-corrected chi connectivity index (χ4v) is 0.644. The molecule has 0 aromatic heterocycles. The molecule has 0 amide bonds. The van der Waals surface area contributed by atoms with Crippen LogP contribution in [-0.4, -0.2) is 18.4 Å². The highest BCUT2D eigenvalue weighted by atomic mass is 16.5. The van der Waals surface area contributed by atoms with Gasteiger partial charge in [-0.15, -0.1) is 5.73 Å². The molecule has 0 fully saturated rings. The van der Waals surface area contributed by atoms with Crippen LogP contribution in [0.25, 0.3) is 0 Å². The Morgan fingerprint density at radius 3 is 2.67 bits per heavy atom. The summed E-state index contributed by atoms with van der Waals surface area (Å²) in [5.74, 6) is -0.499. The number of hydrogen-bond acceptors (Lipinski definition) is 3. The van der Waals surface area contributed by atoms with Crippen molar-refractivity contribution in [3.8, 4) is 0 Å². The first kappa shape index (κ1) is 10.7. The van der Waals surface area contributed by atoms with Crippen molar-refractivity contribution in [1.29, 1.82) is 0 Å². The van der Waals surface area contributed by atoms with E-state index in [2.05, 4.69) is 17.0 Å². The van der Waals surface area contributed by atoms with Crippen molar-refractivity contribution < 1.29 is 14.3 Å². The van der Waals surface area contributed by atoms with Gasteiger partial charge in [-0.05, 0) is 6.92 Å². The minimum absolute atomic E-state index is 0.130. The molecule has 0 aromatic carbocycles. The fourth-order valence-electron chi connectivity index (χ4n) is 0.644. The first-order chi connectivity index (χ1) is 5.70. The summed E-state index contributed by atoms with van der Waals surface area (Å²) >= 11 is 0. The Hall–Kier alpha value is -1.34. The average Bonchev–Trinajstić information content (AvgIpc) is 2.02. The van der Waals surface area contributed by atoms with E-state index in [1.54, 1.807) is 6.92 Å². The van der Waals surface area contributed by atoms with Gasteiger partial charge in [0.2, 0.25) is 0 Å². The van der Waals surface area contributed by atoms with Gasteiger partial charge in [-0.2, -0.15) is 0 Å². The third kappa shape index (κ3) is 5.45. The van der Waals surface area contributed by atoms with Gasteiger partial charge in [-0.25, -0.2) is 0 Å². The van der Waals surface area contributed by atoms with Crippen molar-refractivity contribution in [2.45, 2.75) is 19.8 Å². The third-order valence-electron chi connectivity index (χ3n) is 1.14. The SMILES string of the molecule is C=C=CC(=O)CCC(=O)OCC. The van der Waals surface area contributed by atoms with Crippen molar-refractivity contribution in [2.75, 3.05) is 6.61 Å². The minimum Gasteiger partial charge on any atom is -0.466 e. The molecular weight excluding hydrogens is 156 g/mol. The first-order valence-corrected chi connectivity index (χ1v) is 3.75. The molecule has 0 saturated heterocycles. The molecule has 0 rings (SSSR count). The van der Waals surface area contributed by atoms with Gasteiger partial charge in [0.05, 0.1) is 13.0 Å². The first-order valence-electron chi connectivity index (χ1n) is 3.75. The van der Waals surface area contributed by atoms with E-state index in [4.69, 9.17) is 0 Å². The molecule has 0 spiro atoms. The molecule has 0 aliphatic carbocycles. The number of carbonyl (C=O) groups is 2. The van der Waals surface area contributed by atoms with Gasteiger partial charge < -0.3 is 4.74 Å². The molecule has 0 aliphatic rings. The Bertz CT molecular complexity index is 212. The normalized spacial score (nSPS) is 8.42. The molecule has 0 atom stereocenters. The van der Waals surface area contributed by atoms with Crippen LogP contribution in [0.1, 0.15) is 19.8 Å². The number of ether oxygens (including phenoxy) is 1. The largest absolute Gasteiger partial charge is 0.466 e. The second kappa shape index (κ2) is 6.38. The summed E-state index contributed by atoms with van der Waals surface area (Å²) in [4.78, 5) is 21.5. The van der Waals surface area contributed by atoms with Crippen molar-refractivity contribution in [2.24, 2.45) is 0 Å². The number of allylic oxidation sites excluding steroid dienone is 1. The van der Waals surface area contributed by atoms with Gasteiger partial charge in [0.25, 0.3) is 0 Å². The van der Waals surface area contributed by atoms with Crippen molar-refractivity contribution in [3.05, 3.63) is 18.4 Å². The molecule has 0 aromatic rings. The van der Waals surface area contributed by atoms with Crippen LogP contribution in [-0.2, 0) is 14.3 Å². The summed E-state index contributed by atoms with van der Waals surface area (Å²) in [5, 5.41) is 0. The van der Waals surface area contributed by atoms with Crippen LogP contribution in [0.15, 0.2) is 18.4 Å². The molecule has 0 heterocycles. The van der Waals surface area contributed by atoms with Gasteiger partial charge in [0.1, 0.15) is 0 Å². The fraction of sp³-hybridized carbons (Fsp3) is 0.444. The smallest absolute Gasteiger partial charge is 0.306 e. The van der Waals surface area contributed by atoms with Gasteiger partial charge in [0, 0.05) is 12.5 Å². The van der Waals surface area contributed by atoms with Gasteiger partial charge in [-0.3, -0.25) is 9.59 Å². The van der Waals surface area contributed by atoms with E-state index in [1.165, 1.54) is 6.08 Å². The monoisotopic (exact) mass is 168 g/mol. The molecule has 66 valence electrons. The van der Waals surface area contributed by atoms with Crippen LogP contribution in [0.3, 0.4) is 0 Å². The lowest BCUT2D eigenvalue weighted by Gasteiger charge is -1.98. The van der Waals surface area contributed by atoms with Crippen molar-refractivity contribution in [1.82, 2.24) is 0 Å². The Balaban J connectivity index is 3.61. The summed E-state index contributed by atoms with van der Waals surface area (Å²) < 4.78 is 4.63. The second-order valence-corrected chi connectivity index (χ2v) is 2.12. The Morgan fingerprint density at radius 2 is 2.17 bits per heavy atom. The van der Waals surface area contributed by atoms with Crippen LogP contribution in [0, 0.1) is 0 Å². The standard InChI is InChI=1S/C9H12O3/c1-3-5-8(10)6-7-9(11)12-4-2/h5H,1,4,6-7H2,2H3. The number of rotatable bonds is 5. The van der Waals surface area contributed by atoms with Gasteiger partial charge >= 0.3 is 5.97 Å². The highest BCUT2D eigenvalue weighted by molar-refractivity contribution is 5.91. The van der Waals surface area contributed by atoms with E-state index in [0.717, 1.165) is 0 Å². The Labute approximate surface area is 71.7 Å². The number of esters is 1. The predicted octanol–water partition coefficient (Wildman–Crippen LogP) is 1.24. The highest BCUT2D eigenvalue weighted by Gasteiger charge is 2.03. The van der Waals surface area contributed by atoms with E-state index in [1.807, 2.05) is 0 Å². The maximum absolute atomic E-state index is 10.8.